The van der Waals surface area contributed by atoms with E-state index in [1.54, 1.807) is 6.07 Å². The molecular weight excluding hydrogens is 166 g/mol. The zero-order valence-electron chi connectivity index (χ0n) is 7.46. The molecule has 1 aromatic carbocycles. The third-order valence-electron chi connectivity index (χ3n) is 2.46. The van der Waals surface area contributed by atoms with Gasteiger partial charge in [-0.3, -0.25) is 0 Å². The SMILES string of the molecule is N[C@H]1CCc2ccc(O)cc2C1.O. The monoisotopic (exact) mass is 181 g/mol. The first-order valence-electron chi connectivity index (χ1n) is 4.32. The molecule has 0 unspecified atom stereocenters. The maximum atomic E-state index is 9.23. The van der Waals surface area contributed by atoms with Crippen molar-refractivity contribution in [2.45, 2.75) is 25.3 Å². The lowest BCUT2D eigenvalue weighted by Gasteiger charge is -2.21. The molecular formula is C10H15NO2. The summed E-state index contributed by atoms with van der Waals surface area (Å²) in [5.41, 5.74) is 8.38. The Balaban J connectivity index is 0.000000845. The van der Waals surface area contributed by atoms with Gasteiger partial charge in [0.05, 0.1) is 0 Å². The quantitative estimate of drug-likeness (QED) is 0.607. The minimum atomic E-state index is 0. The highest BCUT2D eigenvalue weighted by Gasteiger charge is 2.14. The zero-order valence-corrected chi connectivity index (χ0v) is 7.46. The fourth-order valence-corrected chi connectivity index (χ4v) is 1.77. The van der Waals surface area contributed by atoms with Crippen LogP contribution in [0.15, 0.2) is 18.2 Å². The van der Waals surface area contributed by atoms with Crippen molar-refractivity contribution in [3.63, 3.8) is 0 Å². The summed E-state index contributed by atoms with van der Waals surface area (Å²) in [5, 5.41) is 9.23. The van der Waals surface area contributed by atoms with E-state index in [4.69, 9.17) is 5.73 Å². The maximum Gasteiger partial charge on any atom is 0.115 e. The van der Waals surface area contributed by atoms with Crippen molar-refractivity contribution < 1.29 is 10.6 Å². The van der Waals surface area contributed by atoms with E-state index in [0.717, 1.165) is 19.3 Å². The van der Waals surface area contributed by atoms with Crippen LogP contribution in [-0.2, 0) is 12.8 Å². The second-order valence-corrected chi connectivity index (χ2v) is 3.46. The second kappa shape index (κ2) is 3.77. The van der Waals surface area contributed by atoms with Crippen LogP contribution in [-0.4, -0.2) is 16.6 Å². The Hall–Kier alpha value is -1.06. The number of phenols is 1. The van der Waals surface area contributed by atoms with Gasteiger partial charge in [0.25, 0.3) is 0 Å². The van der Waals surface area contributed by atoms with Gasteiger partial charge in [0.15, 0.2) is 0 Å². The van der Waals surface area contributed by atoms with Crippen molar-refractivity contribution in [3.05, 3.63) is 29.3 Å². The van der Waals surface area contributed by atoms with Crippen LogP contribution in [0.1, 0.15) is 17.5 Å². The number of rotatable bonds is 0. The van der Waals surface area contributed by atoms with Gasteiger partial charge in [0, 0.05) is 6.04 Å². The summed E-state index contributed by atoms with van der Waals surface area (Å²) in [4.78, 5) is 0. The second-order valence-electron chi connectivity index (χ2n) is 3.46. The number of nitrogens with two attached hydrogens (primary N) is 1. The van der Waals surface area contributed by atoms with E-state index in [9.17, 15) is 5.11 Å². The van der Waals surface area contributed by atoms with Crippen molar-refractivity contribution in [2.75, 3.05) is 0 Å². The molecule has 72 valence electrons. The van der Waals surface area contributed by atoms with E-state index >= 15 is 0 Å². The molecule has 0 spiro atoms. The Kier molecular flexibility index (Phi) is 2.90. The summed E-state index contributed by atoms with van der Waals surface area (Å²) < 4.78 is 0. The molecule has 1 aromatic rings. The molecule has 0 heterocycles. The lowest BCUT2D eigenvalue weighted by Crippen LogP contribution is -2.27. The van der Waals surface area contributed by atoms with E-state index in [-0.39, 0.29) is 11.5 Å². The third kappa shape index (κ3) is 1.99. The summed E-state index contributed by atoms with van der Waals surface area (Å²) in [6.45, 7) is 0. The number of benzene rings is 1. The summed E-state index contributed by atoms with van der Waals surface area (Å²) >= 11 is 0. The number of phenolic OH excluding ortho intramolecular Hbond substituents is 1. The highest BCUT2D eigenvalue weighted by molar-refractivity contribution is 5.37. The molecule has 0 saturated heterocycles. The van der Waals surface area contributed by atoms with E-state index in [2.05, 4.69) is 0 Å². The number of aryl methyl sites for hydroxylation is 1. The number of aromatic hydroxyl groups is 1. The van der Waals surface area contributed by atoms with E-state index < -0.39 is 0 Å². The third-order valence-corrected chi connectivity index (χ3v) is 2.46. The molecule has 5 N–H and O–H groups in total. The fourth-order valence-electron chi connectivity index (χ4n) is 1.77. The Morgan fingerprint density at radius 1 is 1.31 bits per heavy atom. The van der Waals surface area contributed by atoms with E-state index in [1.165, 1.54) is 11.1 Å². The minimum absolute atomic E-state index is 0. The Morgan fingerprint density at radius 3 is 2.85 bits per heavy atom. The maximum absolute atomic E-state index is 9.23. The van der Waals surface area contributed by atoms with Crippen molar-refractivity contribution in [1.82, 2.24) is 0 Å². The first-order valence-corrected chi connectivity index (χ1v) is 4.32. The van der Waals surface area contributed by atoms with E-state index in [0.29, 0.717) is 5.75 Å². The van der Waals surface area contributed by atoms with Crippen LogP contribution in [0.2, 0.25) is 0 Å². The van der Waals surface area contributed by atoms with Gasteiger partial charge in [-0.15, -0.1) is 0 Å². The van der Waals surface area contributed by atoms with Crippen LogP contribution in [0, 0.1) is 0 Å². The summed E-state index contributed by atoms with van der Waals surface area (Å²) in [6, 6.07) is 5.85. The molecule has 1 atom stereocenters. The number of hydrogen-bond acceptors (Lipinski definition) is 2. The minimum Gasteiger partial charge on any atom is -0.508 e. The summed E-state index contributed by atoms with van der Waals surface area (Å²) in [7, 11) is 0. The number of hydrogen-bond donors (Lipinski definition) is 2. The average molecular weight is 181 g/mol. The van der Waals surface area contributed by atoms with Crippen LogP contribution in [0.25, 0.3) is 0 Å². The van der Waals surface area contributed by atoms with Gasteiger partial charge >= 0.3 is 0 Å². The molecule has 13 heavy (non-hydrogen) atoms. The highest BCUT2D eigenvalue weighted by Crippen LogP contribution is 2.23. The van der Waals surface area contributed by atoms with Gasteiger partial charge in [-0.1, -0.05) is 6.07 Å². The molecule has 0 aromatic heterocycles. The van der Waals surface area contributed by atoms with Gasteiger partial charge in [0.1, 0.15) is 5.75 Å². The van der Waals surface area contributed by atoms with Crippen LogP contribution < -0.4 is 5.73 Å². The van der Waals surface area contributed by atoms with Gasteiger partial charge in [-0.2, -0.15) is 0 Å². The standard InChI is InChI=1S/C10H13NO.H2O/c11-9-3-1-7-2-4-10(12)6-8(7)5-9;/h2,4,6,9,12H,1,3,5,11H2;1H2/t9-;/m0./s1. The van der Waals surface area contributed by atoms with Gasteiger partial charge < -0.3 is 16.3 Å². The van der Waals surface area contributed by atoms with Crippen molar-refractivity contribution in [2.24, 2.45) is 5.73 Å². The van der Waals surface area contributed by atoms with Gasteiger partial charge in [-0.25, -0.2) is 0 Å². The largest absolute Gasteiger partial charge is 0.508 e. The number of fused-ring (bicyclic) bond motifs is 1. The predicted molar refractivity (Wildman–Crippen MR) is 51.7 cm³/mol. The van der Waals surface area contributed by atoms with Gasteiger partial charge in [0.2, 0.25) is 0 Å². The Morgan fingerprint density at radius 2 is 2.08 bits per heavy atom. The summed E-state index contributed by atoms with van der Waals surface area (Å²) in [5.74, 6) is 0.350. The molecule has 0 fully saturated rings. The van der Waals surface area contributed by atoms with Crippen molar-refractivity contribution in [1.29, 1.82) is 0 Å². The smallest absolute Gasteiger partial charge is 0.115 e. The first kappa shape index (κ1) is 10.0. The molecule has 1 aliphatic carbocycles. The predicted octanol–water partition coefficient (Wildman–Crippen LogP) is 0.383. The molecule has 0 bridgehead atoms. The van der Waals surface area contributed by atoms with E-state index in [1.807, 2.05) is 12.1 Å². The lowest BCUT2D eigenvalue weighted by molar-refractivity contribution is 0.472. The average Bonchev–Trinajstić information content (AvgIpc) is 2.03. The lowest BCUT2D eigenvalue weighted by atomic mass is 9.89. The Labute approximate surface area is 77.5 Å². The normalized spacial score (nSPS) is 20.2. The Bertz CT molecular complexity index is 299. The first-order chi connectivity index (χ1) is 5.75. The molecule has 0 aliphatic heterocycles. The highest BCUT2D eigenvalue weighted by atomic mass is 16.3. The van der Waals surface area contributed by atoms with Crippen LogP contribution in [0.4, 0.5) is 0 Å². The molecule has 1 aliphatic rings. The summed E-state index contributed by atoms with van der Waals surface area (Å²) in [6.07, 6.45) is 3.03. The zero-order chi connectivity index (χ0) is 8.55. The molecule has 3 heteroatoms. The van der Waals surface area contributed by atoms with Gasteiger partial charge in [-0.05, 0) is 42.5 Å². The fraction of sp³-hybridized carbons (Fsp3) is 0.400. The van der Waals surface area contributed by atoms with Crippen molar-refractivity contribution >= 4 is 0 Å². The topological polar surface area (TPSA) is 77.8 Å². The van der Waals surface area contributed by atoms with Crippen LogP contribution in [0.3, 0.4) is 0 Å². The molecule has 2 rings (SSSR count). The molecule has 0 saturated carbocycles. The van der Waals surface area contributed by atoms with Crippen molar-refractivity contribution in [3.8, 4) is 5.75 Å². The van der Waals surface area contributed by atoms with Crippen LogP contribution >= 0.6 is 0 Å². The molecule has 0 amide bonds. The molecule has 3 nitrogen and oxygen atoms in total. The molecule has 0 radical (unpaired) electrons. The van der Waals surface area contributed by atoms with Crippen LogP contribution in [0.5, 0.6) is 5.75 Å².